The highest BCUT2D eigenvalue weighted by Crippen LogP contribution is 2.33. The van der Waals surface area contributed by atoms with Crippen molar-refractivity contribution in [3.05, 3.63) is 46.6 Å². The van der Waals surface area contributed by atoms with E-state index >= 15 is 0 Å². The number of nitrogens with zero attached hydrogens (tertiary/aromatic N) is 6. The maximum absolute atomic E-state index is 11.9. The number of carbonyl (C=O) groups excluding carboxylic acids is 1. The highest BCUT2D eigenvalue weighted by molar-refractivity contribution is 5.99. The van der Waals surface area contributed by atoms with Crippen molar-refractivity contribution in [3.8, 4) is 5.75 Å². The molecule has 0 aliphatic heterocycles. The van der Waals surface area contributed by atoms with E-state index < -0.39 is 6.03 Å². The number of urea groups is 1. The molecule has 1 aromatic heterocycles. The first-order valence-corrected chi connectivity index (χ1v) is 6.18. The van der Waals surface area contributed by atoms with E-state index in [1.54, 1.807) is 12.1 Å². The van der Waals surface area contributed by atoms with E-state index in [0.29, 0.717) is 11.4 Å². The molecule has 9 heteroatoms. The molecule has 0 bridgehead atoms. The number of aryl methyl sites for hydroxylation is 1. The van der Waals surface area contributed by atoms with Crippen molar-refractivity contribution in [2.45, 2.75) is 6.92 Å². The normalized spacial score (nSPS) is 9.73. The molecule has 2 aromatic rings. The lowest BCUT2D eigenvalue weighted by atomic mass is 10.2. The van der Waals surface area contributed by atoms with Crippen LogP contribution in [-0.2, 0) is 0 Å². The van der Waals surface area contributed by atoms with Gasteiger partial charge in [-0.05, 0) is 35.3 Å². The first kappa shape index (κ1) is 15.1. The average molecular weight is 299 g/mol. The molecule has 2 rings (SSSR count). The topological polar surface area (TPSA) is 130 Å². The summed E-state index contributed by atoms with van der Waals surface area (Å²) in [5.41, 5.74) is 15.2. The first-order chi connectivity index (χ1) is 10.6. The second-order valence-electron chi connectivity index (χ2n) is 4.27. The number of benzene rings is 1. The monoisotopic (exact) mass is 299 g/mol. The number of amides is 2. The number of rotatable bonds is 4. The van der Waals surface area contributed by atoms with Crippen LogP contribution in [0.4, 0.5) is 22.1 Å². The molecule has 9 nitrogen and oxygen atoms in total. The van der Waals surface area contributed by atoms with Crippen LogP contribution in [0.3, 0.4) is 0 Å². The van der Waals surface area contributed by atoms with Gasteiger partial charge < -0.3 is 10.5 Å². The molecule has 22 heavy (non-hydrogen) atoms. The molecule has 1 aromatic carbocycles. The number of primary amides is 1. The van der Waals surface area contributed by atoms with E-state index in [1.807, 2.05) is 13.0 Å². The molecule has 0 radical (unpaired) electrons. The molecule has 0 aliphatic rings. The van der Waals surface area contributed by atoms with E-state index in [1.165, 1.54) is 19.5 Å². The largest absolute Gasteiger partial charge is 0.495 e. The summed E-state index contributed by atoms with van der Waals surface area (Å²) in [7, 11) is 1.48. The molecule has 0 spiro atoms. The number of hydrogen-bond donors (Lipinski definition) is 1. The number of anilines is 2. The van der Waals surface area contributed by atoms with Crippen molar-refractivity contribution in [3.63, 3.8) is 0 Å². The van der Waals surface area contributed by atoms with Gasteiger partial charge in [-0.15, -0.1) is 0 Å². The second kappa shape index (κ2) is 6.42. The summed E-state index contributed by atoms with van der Waals surface area (Å²) in [6, 6.07) is 4.51. The van der Waals surface area contributed by atoms with Crippen LogP contribution in [0.2, 0.25) is 0 Å². The van der Waals surface area contributed by atoms with Crippen molar-refractivity contribution < 1.29 is 9.53 Å². The lowest BCUT2D eigenvalue weighted by Crippen LogP contribution is -2.32. The van der Waals surface area contributed by atoms with Gasteiger partial charge in [-0.1, -0.05) is 6.07 Å². The van der Waals surface area contributed by atoms with Gasteiger partial charge >= 0.3 is 6.03 Å². The van der Waals surface area contributed by atoms with Gasteiger partial charge in [0.1, 0.15) is 11.6 Å². The number of ether oxygens (including phenoxy) is 1. The molecular weight excluding hydrogens is 286 g/mol. The molecule has 0 saturated carbocycles. The highest BCUT2D eigenvalue weighted by Gasteiger charge is 2.21. The van der Waals surface area contributed by atoms with E-state index in [9.17, 15) is 4.79 Å². The molecule has 0 saturated heterocycles. The molecule has 0 fully saturated rings. The molecule has 2 N–H and O–H groups in total. The SMILES string of the molecule is COc1ccc(C)cc1N(C(N)=O)c1cncc(N=[N+]=[N-])n1. The minimum absolute atomic E-state index is 0.0258. The standard InChI is InChI=1S/C13H13N7O2/c1-8-3-4-10(22-2)9(5-8)20(13(14)21)12-7-16-6-11(17-12)18-19-15/h3-7H,1-2H3,(H2,14,21). The summed E-state index contributed by atoms with van der Waals surface area (Å²) in [5, 5.41) is 3.36. The van der Waals surface area contributed by atoms with E-state index in [-0.39, 0.29) is 11.6 Å². The smallest absolute Gasteiger partial charge is 0.325 e. The van der Waals surface area contributed by atoms with Crippen LogP contribution < -0.4 is 15.4 Å². The van der Waals surface area contributed by atoms with Crippen molar-refractivity contribution in [1.82, 2.24) is 9.97 Å². The minimum Gasteiger partial charge on any atom is -0.495 e. The Morgan fingerprint density at radius 3 is 2.86 bits per heavy atom. The Kier molecular flexibility index (Phi) is 4.40. The Hall–Kier alpha value is -3.32. The third kappa shape index (κ3) is 3.05. The Morgan fingerprint density at radius 2 is 2.23 bits per heavy atom. The van der Waals surface area contributed by atoms with Crippen molar-refractivity contribution in [2.24, 2.45) is 10.8 Å². The fourth-order valence-electron chi connectivity index (χ4n) is 1.88. The van der Waals surface area contributed by atoms with E-state index in [4.69, 9.17) is 16.0 Å². The number of methoxy groups -OCH3 is 1. The summed E-state index contributed by atoms with van der Waals surface area (Å²) in [6.45, 7) is 1.87. The maximum atomic E-state index is 11.9. The van der Waals surface area contributed by atoms with Gasteiger partial charge in [0, 0.05) is 4.91 Å². The summed E-state index contributed by atoms with van der Waals surface area (Å²) in [5.74, 6) is 0.597. The average Bonchev–Trinajstić information content (AvgIpc) is 2.48. The van der Waals surface area contributed by atoms with Gasteiger partial charge in [-0.25, -0.2) is 14.7 Å². The first-order valence-electron chi connectivity index (χ1n) is 6.18. The van der Waals surface area contributed by atoms with Crippen molar-refractivity contribution in [2.75, 3.05) is 12.0 Å². The number of hydrogen-bond acceptors (Lipinski definition) is 5. The van der Waals surface area contributed by atoms with Gasteiger partial charge in [-0.3, -0.25) is 4.98 Å². The van der Waals surface area contributed by atoms with Crippen LogP contribution in [0, 0.1) is 6.92 Å². The fourth-order valence-corrected chi connectivity index (χ4v) is 1.88. The Labute approximate surface area is 126 Å². The van der Waals surface area contributed by atoms with E-state index in [0.717, 1.165) is 10.5 Å². The highest BCUT2D eigenvalue weighted by atomic mass is 16.5. The number of nitrogens with two attached hydrogens (primary N) is 1. The van der Waals surface area contributed by atoms with Crippen LogP contribution in [0.25, 0.3) is 10.4 Å². The van der Waals surface area contributed by atoms with E-state index in [2.05, 4.69) is 20.0 Å². The van der Waals surface area contributed by atoms with Crippen LogP contribution in [0.1, 0.15) is 5.56 Å². The molecule has 112 valence electrons. The van der Waals surface area contributed by atoms with Crippen LogP contribution in [-0.4, -0.2) is 23.1 Å². The Balaban J connectivity index is 2.61. The summed E-state index contributed by atoms with van der Waals surface area (Å²) in [6.07, 6.45) is 2.61. The zero-order chi connectivity index (χ0) is 16.1. The second-order valence-corrected chi connectivity index (χ2v) is 4.27. The number of azide groups is 1. The fraction of sp³-hybridized carbons (Fsp3) is 0.154. The van der Waals surface area contributed by atoms with Gasteiger partial charge in [-0.2, -0.15) is 0 Å². The number of carbonyl (C=O) groups is 1. The maximum Gasteiger partial charge on any atom is 0.325 e. The van der Waals surface area contributed by atoms with Crippen molar-refractivity contribution >= 4 is 23.4 Å². The van der Waals surface area contributed by atoms with Crippen LogP contribution in [0.5, 0.6) is 5.75 Å². The minimum atomic E-state index is -0.767. The Bertz CT molecular complexity index is 756. The third-order valence-electron chi connectivity index (χ3n) is 2.78. The summed E-state index contributed by atoms with van der Waals surface area (Å²) >= 11 is 0. The predicted octanol–water partition coefficient (Wildman–Crippen LogP) is 2.95. The molecule has 1 heterocycles. The zero-order valence-electron chi connectivity index (χ0n) is 12.0. The zero-order valence-corrected chi connectivity index (χ0v) is 12.0. The molecule has 0 aliphatic carbocycles. The molecule has 0 atom stereocenters. The van der Waals surface area contributed by atoms with Crippen molar-refractivity contribution in [1.29, 1.82) is 0 Å². The van der Waals surface area contributed by atoms with Gasteiger partial charge in [0.2, 0.25) is 0 Å². The van der Waals surface area contributed by atoms with Crippen LogP contribution in [0.15, 0.2) is 35.7 Å². The Morgan fingerprint density at radius 1 is 1.45 bits per heavy atom. The summed E-state index contributed by atoms with van der Waals surface area (Å²) in [4.78, 5) is 23.6. The van der Waals surface area contributed by atoms with Crippen LogP contribution >= 0.6 is 0 Å². The quantitative estimate of drug-likeness (QED) is 0.528. The van der Waals surface area contributed by atoms with Gasteiger partial charge in [0.15, 0.2) is 5.82 Å². The lowest BCUT2D eigenvalue weighted by molar-refractivity contribution is 0.255. The molecule has 0 unspecified atom stereocenters. The molecule has 2 amide bonds. The third-order valence-corrected chi connectivity index (χ3v) is 2.78. The number of aromatic nitrogens is 2. The predicted molar refractivity (Wildman–Crippen MR) is 80.3 cm³/mol. The summed E-state index contributed by atoms with van der Waals surface area (Å²) < 4.78 is 5.25. The molecular formula is C13H13N7O2. The lowest BCUT2D eigenvalue weighted by Gasteiger charge is -2.22. The van der Waals surface area contributed by atoms with Gasteiger partial charge in [0.25, 0.3) is 0 Å². The van der Waals surface area contributed by atoms with Gasteiger partial charge in [0.05, 0.1) is 25.2 Å².